The van der Waals surface area contributed by atoms with Gasteiger partial charge in [-0.2, -0.15) is 0 Å². The first-order valence-corrected chi connectivity index (χ1v) is 5.63. The van der Waals surface area contributed by atoms with E-state index in [0.29, 0.717) is 12.8 Å². The van der Waals surface area contributed by atoms with Gasteiger partial charge in [-0.25, -0.2) is 0 Å². The molecule has 0 unspecified atom stereocenters. The normalized spacial score (nSPS) is 12.1. The molecule has 0 spiro atoms. The van der Waals surface area contributed by atoms with E-state index in [2.05, 4.69) is 5.32 Å². The molecule has 5 heteroatoms. The molecule has 0 fully saturated rings. The molecule has 0 aromatic carbocycles. The van der Waals surface area contributed by atoms with Gasteiger partial charge in [-0.3, -0.25) is 4.79 Å². The Morgan fingerprint density at radius 1 is 1.47 bits per heavy atom. The van der Waals surface area contributed by atoms with Crippen LogP contribution >= 0.6 is 12.2 Å². The van der Waals surface area contributed by atoms with Crippen LogP contribution in [-0.2, 0) is 4.79 Å². The number of rotatable bonds is 8. The smallest absolute Gasteiger partial charge is 0.217 e. The first-order chi connectivity index (χ1) is 7.06. The minimum absolute atomic E-state index is 0.195. The van der Waals surface area contributed by atoms with Gasteiger partial charge in [0, 0.05) is 26.0 Å². The van der Waals surface area contributed by atoms with E-state index >= 15 is 0 Å². The summed E-state index contributed by atoms with van der Waals surface area (Å²) < 4.78 is 0. The molecule has 0 aromatic heterocycles. The van der Waals surface area contributed by atoms with E-state index in [1.54, 1.807) is 0 Å². The molecular formula is C10H20N2O2S. The number of thiocarbonyl (C=S) groups is 1. The maximum absolute atomic E-state index is 10.6. The molecule has 15 heavy (non-hydrogen) atoms. The maximum Gasteiger partial charge on any atom is 0.217 e. The van der Waals surface area contributed by atoms with E-state index in [4.69, 9.17) is 23.1 Å². The molecule has 0 aliphatic carbocycles. The molecule has 0 aliphatic heterocycles. The Morgan fingerprint density at radius 3 is 2.67 bits per heavy atom. The Morgan fingerprint density at radius 2 is 2.13 bits per heavy atom. The Bertz CT molecular complexity index is 210. The van der Waals surface area contributed by atoms with Gasteiger partial charge in [-0.15, -0.1) is 0 Å². The van der Waals surface area contributed by atoms with Crippen molar-refractivity contribution in [2.75, 3.05) is 13.2 Å². The van der Waals surface area contributed by atoms with Gasteiger partial charge in [-0.1, -0.05) is 19.1 Å². The van der Waals surface area contributed by atoms with E-state index in [1.165, 1.54) is 0 Å². The Labute approximate surface area is 96.2 Å². The SMILES string of the molecule is C[C@H](CC(N)=O)CC(=S)NCCCCO. The summed E-state index contributed by atoms with van der Waals surface area (Å²) in [6, 6.07) is 0. The number of carbonyl (C=O) groups excluding carboxylic acids is 1. The lowest BCUT2D eigenvalue weighted by Crippen LogP contribution is -2.26. The molecule has 4 nitrogen and oxygen atoms in total. The first kappa shape index (κ1) is 14.3. The molecular weight excluding hydrogens is 212 g/mol. The van der Waals surface area contributed by atoms with Gasteiger partial charge in [0.05, 0.1) is 4.99 Å². The number of unbranched alkanes of at least 4 members (excludes halogenated alkanes) is 1. The minimum atomic E-state index is -0.286. The van der Waals surface area contributed by atoms with E-state index in [-0.39, 0.29) is 18.4 Å². The highest BCUT2D eigenvalue weighted by molar-refractivity contribution is 7.80. The molecule has 0 bridgehead atoms. The second-order valence-corrected chi connectivity index (χ2v) is 4.25. The van der Waals surface area contributed by atoms with Gasteiger partial charge in [0.25, 0.3) is 0 Å². The van der Waals surface area contributed by atoms with E-state index in [1.807, 2.05) is 6.92 Å². The van der Waals surface area contributed by atoms with Crippen LogP contribution in [0.2, 0.25) is 0 Å². The monoisotopic (exact) mass is 232 g/mol. The number of carbonyl (C=O) groups is 1. The summed E-state index contributed by atoms with van der Waals surface area (Å²) in [5.41, 5.74) is 5.08. The quantitative estimate of drug-likeness (QED) is 0.422. The van der Waals surface area contributed by atoms with Gasteiger partial charge in [-0.05, 0) is 18.8 Å². The van der Waals surface area contributed by atoms with Crippen molar-refractivity contribution in [3.63, 3.8) is 0 Å². The molecule has 0 saturated heterocycles. The van der Waals surface area contributed by atoms with Crippen molar-refractivity contribution in [3.05, 3.63) is 0 Å². The lowest BCUT2D eigenvalue weighted by Gasteiger charge is -2.11. The predicted octanol–water partition coefficient (Wildman–Crippen LogP) is 0.577. The van der Waals surface area contributed by atoms with E-state index in [0.717, 1.165) is 24.4 Å². The number of nitrogens with one attached hydrogen (secondary N) is 1. The van der Waals surface area contributed by atoms with Crippen molar-refractivity contribution < 1.29 is 9.90 Å². The maximum atomic E-state index is 10.6. The molecule has 1 amide bonds. The third-order valence-electron chi connectivity index (χ3n) is 1.99. The number of primary amides is 1. The second-order valence-electron chi connectivity index (χ2n) is 3.76. The number of aliphatic hydroxyl groups is 1. The van der Waals surface area contributed by atoms with Crippen LogP contribution in [0, 0.1) is 5.92 Å². The molecule has 4 N–H and O–H groups in total. The van der Waals surface area contributed by atoms with Gasteiger partial charge in [0.1, 0.15) is 0 Å². The largest absolute Gasteiger partial charge is 0.396 e. The van der Waals surface area contributed by atoms with Crippen LogP contribution in [0.3, 0.4) is 0 Å². The summed E-state index contributed by atoms with van der Waals surface area (Å²) in [6.45, 7) is 2.95. The zero-order valence-corrected chi connectivity index (χ0v) is 9.98. The van der Waals surface area contributed by atoms with Crippen LogP contribution in [0.4, 0.5) is 0 Å². The van der Waals surface area contributed by atoms with Crippen molar-refractivity contribution in [2.24, 2.45) is 11.7 Å². The lowest BCUT2D eigenvalue weighted by atomic mass is 10.0. The van der Waals surface area contributed by atoms with Gasteiger partial charge >= 0.3 is 0 Å². The third kappa shape index (κ3) is 9.62. The van der Waals surface area contributed by atoms with Crippen LogP contribution in [0.25, 0.3) is 0 Å². The summed E-state index contributed by atoms with van der Waals surface area (Å²) in [4.78, 5) is 11.4. The highest BCUT2D eigenvalue weighted by Gasteiger charge is 2.08. The van der Waals surface area contributed by atoms with Crippen molar-refractivity contribution in [3.8, 4) is 0 Å². The summed E-state index contributed by atoms with van der Waals surface area (Å²) >= 11 is 5.11. The zero-order valence-electron chi connectivity index (χ0n) is 9.16. The Kier molecular flexibility index (Phi) is 8.22. The second kappa shape index (κ2) is 8.61. The number of aliphatic hydroxyl groups excluding tert-OH is 1. The average molecular weight is 232 g/mol. The van der Waals surface area contributed by atoms with E-state index < -0.39 is 0 Å². The molecule has 0 aromatic rings. The molecule has 0 saturated carbocycles. The molecule has 1 atom stereocenters. The summed E-state index contributed by atoms with van der Waals surface area (Å²) in [5, 5.41) is 11.7. The molecule has 0 heterocycles. The fourth-order valence-electron chi connectivity index (χ4n) is 1.27. The summed E-state index contributed by atoms with van der Waals surface area (Å²) in [5.74, 6) is -0.0917. The van der Waals surface area contributed by atoms with E-state index in [9.17, 15) is 4.79 Å². The highest BCUT2D eigenvalue weighted by atomic mass is 32.1. The van der Waals surface area contributed by atoms with Crippen molar-refractivity contribution in [2.45, 2.75) is 32.6 Å². The Balaban J connectivity index is 3.51. The summed E-state index contributed by atoms with van der Waals surface area (Å²) in [6.07, 6.45) is 2.75. The van der Waals surface area contributed by atoms with Crippen molar-refractivity contribution >= 4 is 23.1 Å². The van der Waals surface area contributed by atoms with Crippen molar-refractivity contribution in [1.29, 1.82) is 0 Å². The third-order valence-corrected chi connectivity index (χ3v) is 2.30. The molecule has 88 valence electrons. The highest BCUT2D eigenvalue weighted by Crippen LogP contribution is 2.07. The standard InChI is InChI=1S/C10H20N2O2S/c1-8(6-9(11)14)7-10(15)12-4-2-3-5-13/h8,13H,2-7H2,1H3,(H2,11,14)(H,12,15)/t8-/m1/s1. The topological polar surface area (TPSA) is 75.4 Å². The lowest BCUT2D eigenvalue weighted by molar-refractivity contribution is -0.118. The minimum Gasteiger partial charge on any atom is -0.396 e. The number of nitrogens with two attached hydrogens (primary N) is 1. The fraction of sp³-hybridized carbons (Fsp3) is 0.800. The zero-order chi connectivity index (χ0) is 11.7. The molecule has 0 aliphatic rings. The fourth-order valence-corrected chi connectivity index (χ4v) is 1.66. The average Bonchev–Trinajstić information content (AvgIpc) is 2.10. The van der Waals surface area contributed by atoms with Crippen LogP contribution in [0.15, 0.2) is 0 Å². The van der Waals surface area contributed by atoms with Crippen molar-refractivity contribution in [1.82, 2.24) is 5.32 Å². The predicted molar refractivity (Wildman–Crippen MR) is 64.5 cm³/mol. The summed E-state index contributed by atoms with van der Waals surface area (Å²) in [7, 11) is 0. The number of hydrogen-bond donors (Lipinski definition) is 3. The Hall–Kier alpha value is -0.680. The molecule has 0 radical (unpaired) electrons. The van der Waals surface area contributed by atoms with Crippen LogP contribution in [0.5, 0.6) is 0 Å². The molecule has 0 rings (SSSR count). The number of amides is 1. The number of hydrogen-bond acceptors (Lipinski definition) is 3. The van der Waals surface area contributed by atoms with Crippen LogP contribution < -0.4 is 11.1 Å². The first-order valence-electron chi connectivity index (χ1n) is 5.22. The van der Waals surface area contributed by atoms with Crippen LogP contribution in [0.1, 0.15) is 32.6 Å². The van der Waals surface area contributed by atoms with Gasteiger partial charge < -0.3 is 16.2 Å². The van der Waals surface area contributed by atoms with Gasteiger partial charge in [0.2, 0.25) is 5.91 Å². The van der Waals surface area contributed by atoms with Crippen LogP contribution in [-0.4, -0.2) is 29.2 Å². The van der Waals surface area contributed by atoms with Gasteiger partial charge in [0.15, 0.2) is 0 Å².